The van der Waals surface area contributed by atoms with E-state index < -0.39 is 5.97 Å². The van der Waals surface area contributed by atoms with Gasteiger partial charge in [0, 0.05) is 12.6 Å². The van der Waals surface area contributed by atoms with Crippen molar-refractivity contribution in [3.63, 3.8) is 0 Å². The molecule has 0 saturated carbocycles. The van der Waals surface area contributed by atoms with Crippen molar-refractivity contribution in [2.45, 2.75) is 0 Å². The molecular weight excluding hydrogens is 296 g/mol. The fraction of sp³-hybridized carbons (Fsp3) is 0.118. The lowest BCUT2D eigenvalue weighted by molar-refractivity contribution is -0.112. The summed E-state index contributed by atoms with van der Waals surface area (Å²) in [5, 5.41) is 3.77. The lowest BCUT2D eigenvalue weighted by atomic mass is 10.1. The van der Waals surface area contributed by atoms with Crippen molar-refractivity contribution in [2.75, 3.05) is 19.1 Å². The zero-order valence-corrected chi connectivity index (χ0v) is 12.6. The molecule has 0 spiro atoms. The molecule has 0 saturated heterocycles. The third kappa shape index (κ3) is 2.55. The minimum Gasteiger partial charge on any atom is -0.496 e. The molecule has 0 atom stereocenters. The molecule has 1 aliphatic heterocycles. The Hall–Kier alpha value is -3.15. The Morgan fingerprint density at radius 3 is 2.57 bits per heavy atom. The van der Waals surface area contributed by atoms with Gasteiger partial charge in [-0.3, -0.25) is 4.79 Å². The van der Waals surface area contributed by atoms with E-state index in [4.69, 9.17) is 9.57 Å². The number of hydrogen-bond acceptors (Lipinski definition) is 5. The molecule has 0 radical (unpaired) electrons. The van der Waals surface area contributed by atoms with Crippen LogP contribution in [0.1, 0.15) is 15.9 Å². The minimum absolute atomic E-state index is 0.103. The molecule has 6 nitrogen and oxygen atoms in total. The van der Waals surface area contributed by atoms with Gasteiger partial charge in [0.05, 0.1) is 12.8 Å². The molecule has 0 unspecified atom stereocenters. The second-order valence-electron chi connectivity index (χ2n) is 4.90. The van der Waals surface area contributed by atoms with E-state index in [-0.39, 0.29) is 17.2 Å². The lowest BCUT2D eigenvalue weighted by Crippen LogP contribution is -2.26. The number of carbonyl (C=O) groups excluding carboxylic acids is 2. The van der Waals surface area contributed by atoms with Crippen LogP contribution in [0.2, 0.25) is 0 Å². The number of carbonyl (C=O) groups is 2. The average molecular weight is 310 g/mol. The van der Waals surface area contributed by atoms with Crippen LogP contribution in [0.25, 0.3) is 0 Å². The van der Waals surface area contributed by atoms with Gasteiger partial charge in [0.15, 0.2) is 5.71 Å². The van der Waals surface area contributed by atoms with E-state index in [0.717, 1.165) is 5.69 Å². The molecule has 0 aromatic heterocycles. The molecule has 0 bridgehead atoms. The topological polar surface area (TPSA) is 68.2 Å². The molecule has 116 valence electrons. The highest BCUT2D eigenvalue weighted by Crippen LogP contribution is 2.28. The number of ether oxygens (including phenoxy) is 1. The third-order valence-corrected chi connectivity index (χ3v) is 3.57. The molecule has 23 heavy (non-hydrogen) atoms. The number of oxime groups is 1. The predicted octanol–water partition coefficient (Wildman–Crippen LogP) is 2.23. The number of benzene rings is 2. The highest BCUT2D eigenvalue weighted by Gasteiger charge is 2.32. The highest BCUT2D eigenvalue weighted by atomic mass is 16.7. The summed E-state index contributed by atoms with van der Waals surface area (Å²) >= 11 is 0. The molecule has 0 aliphatic carbocycles. The monoisotopic (exact) mass is 310 g/mol. The van der Waals surface area contributed by atoms with E-state index >= 15 is 0 Å². The lowest BCUT2D eigenvalue weighted by Gasteiger charge is -2.07. The third-order valence-electron chi connectivity index (χ3n) is 3.57. The van der Waals surface area contributed by atoms with Crippen molar-refractivity contribution in [2.24, 2.45) is 5.16 Å². The maximum absolute atomic E-state index is 12.2. The van der Waals surface area contributed by atoms with Crippen LogP contribution < -0.4 is 9.64 Å². The van der Waals surface area contributed by atoms with Crippen LogP contribution in [-0.4, -0.2) is 31.7 Å². The van der Waals surface area contributed by atoms with Crippen molar-refractivity contribution in [1.29, 1.82) is 0 Å². The number of amides is 1. The van der Waals surface area contributed by atoms with Crippen LogP contribution in [0.3, 0.4) is 0 Å². The molecule has 3 rings (SSSR count). The van der Waals surface area contributed by atoms with Gasteiger partial charge in [0.2, 0.25) is 0 Å². The molecule has 1 aliphatic rings. The number of fused-ring (bicyclic) bond motifs is 1. The van der Waals surface area contributed by atoms with Gasteiger partial charge >= 0.3 is 5.97 Å². The summed E-state index contributed by atoms with van der Waals surface area (Å²) in [6, 6.07) is 13.8. The maximum Gasteiger partial charge on any atom is 0.369 e. The van der Waals surface area contributed by atoms with Gasteiger partial charge in [-0.25, -0.2) is 4.79 Å². The number of rotatable bonds is 3. The van der Waals surface area contributed by atoms with Crippen molar-refractivity contribution in [3.05, 3.63) is 59.7 Å². The smallest absolute Gasteiger partial charge is 0.369 e. The van der Waals surface area contributed by atoms with Crippen LogP contribution in [0.4, 0.5) is 5.69 Å². The summed E-state index contributed by atoms with van der Waals surface area (Å²) in [5.41, 5.74) is 1.70. The van der Waals surface area contributed by atoms with Gasteiger partial charge in [-0.2, -0.15) is 0 Å². The molecule has 0 N–H and O–H groups in total. The Morgan fingerprint density at radius 1 is 1.09 bits per heavy atom. The highest BCUT2D eigenvalue weighted by molar-refractivity contribution is 6.54. The van der Waals surface area contributed by atoms with Crippen LogP contribution in [0.5, 0.6) is 5.75 Å². The Kier molecular flexibility index (Phi) is 3.80. The Balaban J connectivity index is 1.89. The average Bonchev–Trinajstić information content (AvgIpc) is 2.84. The SMILES string of the molecule is COc1ccccc1C(=O)ON=C1C(=O)N(C)c2ccccc21. The molecule has 2 aromatic carbocycles. The first-order valence-corrected chi connectivity index (χ1v) is 6.93. The van der Waals surface area contributed by atoms with Gasteiger partial charge in [0.1, 0.15) is 11.3 Å². The molecule has 1 heterocycles. The summed E-state index contributed by atoms with van der Waals surface area (Å²) in [6.45, 7) is 0. The largest absolute Gasteiger partial charge is 0.496 e. The van der Waals surface area contributed by atoms with E-state index in [1.165, 1.54) is 12.0 Å². The number of anilines is 1. The van der Waals surface area contributed by atoms with Crippen LogP contribution in [0, 0.1) is 0 Å². The fourth-order valence-corrected chi connectivity index (χ4v) is 2.39. The predicted molar refractivity (Wildman–Crippen MR) is 84.8 cm³/mol. The molecule has 1 amide bonds. The van der Waals surface area contributed by atoms with Gasteiger partial charge in [-0.1, -0.05) is 35.5 Å². The van der Waals surface area contributed by atoms with Gasteiger partial charge in [0.25, 0.3) is 5.91 Å². The summed E-state index contributed by atoms with van der Waals surface area (Å²) < 4.78 is 5.11. The molecule has 0 fully saturated rings. The summed E-state index contributed by atoms with van der Waals surface area (Å²) in [5.74, 6) is -0.623. The first-order chi connectivity index (χ1) is 11.1. The summed E-state index contributed by atoms with van der Waals surface area (Å²) in [4.78, 5) is 30.8. The normalized spacial score (nSPS) is 14.8. The van der Waals surface area contributed by atoms with Crippen LogP contribution in [0.15, 0.2) is 53.7 Å². The number of methoxy groups -OCH3 is 1. The number of likely N-dealkylation sites (N-methyl/N-ethyl adjacent to an activating group) is 1. The second kappa shape index (κ2) is 5.92. The van der Waals surface area contributed by atoms with Gasteiger partial charge < -0.3 is 14.5 Å². The molecule has 6 heteroatoms. The van der Waals surface area contributed by atoms with Crippen molar-refractivity contribution in [3.8, 4) is 5.75 Å². The summed E-state index contributed by atoms with van der Waals surface area (Å²) in [7, 11) is 3.11. The minimum atomic E-state index is -0.685. The van der Waals surface area contributed by atoms with Crippen molar-refractivity contribution in [1.82, 2.24) is 0 Å². The fourth-order valence-electron chi connectivity index (χ4n) is 2.39. The zero-order chi connectivity index (χ0) is 16.4. The zero-order valence-electron chi connectivity index (χ0n) is 12.6. The standard InChI is InChI=1S/C17H14N2O4/c1-19-13-9-5-3-7-11(13)15(16(19)20)18-23-17(21)12-8-4-6-10-14(12)22-2/h3-10H,1-2H3. The van der Waals surface area contributed by atoms with Crippen LogP contribution >= 0.6 is 0 Å². The second-order valence-corrected chi connectivity index (χ2v) is 4.90. The van der Waals surface area contributed by atoms with Crippen molar-refractivity contribution < 1.29 is 19.2 Å². The van der Waals surface area contributed by atoms with Crippen molar-refractivity contribution >= 4 is 23.3 Å². The van der Waals surface area contributed by atoms with Gasteiger partial charge in [-0.15, -0.1) is 0 Å². The summed E-state index contributed by atoms with van der Waals surface area (Å²) in [6.07, 6.45) is 0. The number of hydrogen-bond donors (Lipinski definition) is 0. The van der Waals surface area contributed by atoms with E-state index in [9.17, 15) is 9.59 Å². The van der Waals surface area contributed by atoms with E-state index in [1.54, 1.807) is 49.5 Å². The van der Waals surface area contributed by atoms with E-state index in [0.29, 0.717) is 11.3 Å². The van der Waals surface area contributed by atoms with E-state index in [1.807, 2.05) is 6.07 Å². The quantitative estimate of drug-likeness (QED) is 0.644. The molecular formula is C17H14N2O4. The number of nitrogens with zero attached hydrogens (tertiary/aromatic N) is 2. The number of para-hydroxylation sites is 2. The first kappa shape index (κ1) is 14.8. The van der Waals surface area contributed by atoms with E-state index in [2.05, 4.69) is 5.16 Å². The van der Waals surface area contributed by atoms with Crippen LogP contribution in [-0.2, 0) is 9.63 Å². The molecule has 2 aromatic rings. The Labute approximate surface area is 132 Å². The first-order valence-electron chi connectivity index (χ1n) is 6.93. The Bertz CT molecular complexity index is 814. The van der Waals surface area contributed by atoms with Gasteiger partial charge in [-0.05, 0) is 18.2 Å². The maximum atomic E-state index is 12.2. The Morgan fingerprint density at radius 2 is 1.78 bits per heavy atom.